The van der Waals surface area contributed by atoms with E-state index in [0.717, 1.165) is 0 Å². The summed E-state index contributed by atoms with van der Waals surface area (Å²) in [6.45, 7) is 0.360. The zero-order chi connectivity index (χ0) is 24.5. The predicted molar refractivity (Wildman–Crippen MR) is 134 cm³/mol. The lowest BCUT2D eigenvalue weighted by Gasteiger charge is -2.24. The highest BCUT2D eigenvalue weighted by Crippen LogP contribution is 2.25. The molecule has 176 valence electrons. The van der Waals surface area contributed by atoms with Gasteiger partial charge in [0.05, 0.1) is 5.69 Å². The van der Waals surface area contributed by atoms with Gasteiger partial charge in [-0.3, -0.25) is 9.69 Å². The van der Waals surface area contributed by atoms with Gasteiger partial charge in [0, 0.05) is 24.3 Å². The third-order valence-electron chi connectivity index (χ3n) is 5.14. The molecule has 3 amide bonds. The Labute approximate surface area is 203 Å². The summed E-state index contributed by atoms with van der Waals surface area (Å²) >= 11 is 0. The first kappa shape index (κ1) is 23.5. The molecule has 4 rings (SSSR count). The number of rotatable bonds is 8. The highest BCUT2D eigenvalue weighted by molar-refractivity contribution is 6.02. The van der Waals surface area contributed by atoms with Crippen LogP contribution < -0.4 is 20.3 Å². The van der Waals surface area contributed by atoms with Gasteiger partial charge in [0.15, 0.2) is 0 Å². The number of nitrogens with zero attached hydrogens (tertiary/aromatic N) is 1. The van der Waals surface area contributed by atoms with E-state index in [0.29, 0.717) is 22.7 Å². The minimum atomic E-state index is -0.537. The number of ether oxygens (including phenoxy) is 1. The van der Waals surface area contributed by atoms with E-state index in [9.17, 15) is 14.0 Å². The third-order valence-corrected chi connectivity index (χ3v) is 5.14. The standard InChI is InChI=1S/C28H24FN3O3/c29-25-13-7-8-14-26(25)31-28(34)32(20-19-30-27(33)21-9-3-1-4-10-21)22-15-17-24(18-16-22)35-23-11-5-2-6-12-23/h1-18H,19-20H2,(H,30,33)(H,31,34). The summed E-state index contributed by atoms with van der Waals surface area (Å²) < 4.78 is 19.9. The van der Waals surface area contributed by atoms with Crippen LogP contribution in [0.15, 0.2) is 109 Å². The van der Waals surface area contributed by atoms with Crippen LogP contribution in [0.2, 0.25) is 0 Å². The van der Waals surface area contributed by atoms with Crippen LogP contribution in [0.3, 0.4) is 0 Å². The highest BCUT2D eigenvalue weighted by atomic mass is 19.1. The number of amides is 3. The number of nitrogens with one attached hydrogen (secondary N) is 2. The summed E-state index contributed by atoms with van der Waals surface area (Å²) in [6.07, 6.45) is 0. The summed E-state index contributed by atoms with van der Waals surface area (Å²) in [6, 6.07) is 30.5. The van der Waals surface area contributed by atoms with Crippen LogP contribution >= 0.6 is 0 Å². The van der Waals surface area contributed by atoms with Crippen molar-refractivity contribution in [2.24, 2.45) is 0 Å². The van der Waals surface area contributed by atoms with E-state index in [-0.39, 0.29) is 24.7 Å². The number of benzene rings is 4. The van der Waals surface area contributed by atoms with Crippen molar-refractivity contribution in [2.75, 3.05) is 23.3 Å². The number of hydrogen-bond acceptors (Lipinski definition) is 3. The normalized spacial score (nSPS) is 10.3. The molecular weight excluding hydrogens is 445 g/mol. The fourth-order valence-corrected chi connectivity index (χ4v) is 3.38. The van der Waals surface area contributed by atoms with E-state index in [1.807, 2.05) is 36.4 Å². The van der Waals surface area contributed by atoms with Crippen LogP contribution in [0.4, 0.5) is 20.6 Å². The summed E-state index contributed by atoms with van der Waals surface area (Å²) in [5, 5.41) is 5.42. The number of carbonyl (C=O) groups is 2. The topological polar surface area (TPSA) is 70.7 Å². The Hall–Kier alpha value is -4.65. The Morgan fingerprint density at radius 3 is 2.03 bits per heavy atom. The fraction of sp³-hybridized carbons (Fsp3) is 0.0714. The van der Waals surface area contributed by atoms with Gasteiger partial charge in [-0.15, -0.1) is 0 Å². The molecule has 0 aliphatic rings. The van der Waals surface area contributed by atoms with Crippen LogP contribution in [0.5, 0.6) is 11.5 Å². The average Bonchev–Trinajstić information content (AvgIpc) is 2.89. The van der Waals surface area contributed by atoms with Gasteiger partial charge in [0.25, 0.3) is 5.91 Å². The summed E-state index contributed by atoms with van der Waals surface area (Å²) in [7, 11) is 0. The first-order valence-corrected chi connectivity index (χ1v) is 11.1. The van der Waals surface area contributed by atoms with Gasteiger partial charge >= 0.3 is 6.03 Å². The highest BCUT2D eigenvalue weighted by Gasteiger charge is 2.18. The average molecular weight is 470 g/mol. The molecule has 0 fully saturated rings. The third kappa shape index (κ3) is 6.45. The van der Waals surface area contributed by atoms with E-state index in [4.69, 9.17) is 4.74 Å². The monoisotopic (exact) mass is 469 g/mol. The number of para-hydroxylation sites is 2. The molecule has 0 heterocycles. The second-order valence-corrected chi connectivity index (χ2v) is 7.59. The zero-order valence-electron chi connectivity index (χ0n) is 18.9. The molecule has 0 saturated heterocycles. The van der Waals surface area contributed by atoms with Crippen molar-refractivity contribution in [2.45, 2.75) is 0 Å². The van der Waals surface area contributed by atoms with Gasteiger partial charge in [-0.05, 0) is 60.7 Å². The van der Waals surface area contributed by atoms with Crippen molar-refractivity contribution in [3.05, 3.63) is 121 Å². The Morgan fingerprint density at radius 2 is 1.34 bits per heavy atom. The molecule has 0 aliphatic heterocycles. The summed E-state index contributed by atoms with van der Waals surface area (Å²) in [5.74, 6) is 0.515. The van der Waals surface area contributed by atoms with E-state index in [2.05, 4.69) is 10.6 Å². The Kier molecular flexibility index (Phi) is 7.70. The van der Waals surface area contributed by atoms with Crippen molar-refractivity contribution in [1.29, 1.82) is 0 Å². The lowest BCUT2D eigenvalue weighted by Crippen LogP contribution is -2.41. The van der Waals surface area contributed by atoms with E-state index in [1.165, 1.54) is 17.0 Å². The fourth-order valence-electron chi connectivity index (χ4n) is 3.38. The van der Waals surface area contributed by atoms with Crippen LogP contribution in [0.25, 0.3) is 0 Å². The molecule has 0 bridgehead atoms. The molecular formula is C28H24FN3O3. The number of urea groups is 1. The van der Waals surface area contributed by atoms with Gasteiger partial charge in [0.1, 0.15) is 17.3 Å². The van der Waals surface area contributed by atoms with Gasteiger partial charge < -0.3 is 15.4 Å². The molecule has 0 aromatic heterocycles. The van der Waals surface area contributed by atoms with Crippen molar-refractivity contribution in [3.63, 3.8) is 0 Å². The molecule has 4 aromatic carbocycles. The quantitative estimate of drug-likeness (QED) is 0.328. The SMILES string of the molecule is O=C(NCCN(C(=O)Nc1ccccc1F)c1ccc(Oc2ccccc2)cc1)c1ccccc1. The van der Waals surface area contributed by atoms with Crippen LogP contribution in [-0.2, 0) is 0 Å². The number of anilines is 2. The van der Waals surface area contributed by atoms with Gasteiger partial charge in [-0.1, -0.05) is 48.5 Å². The van der Waals surface area contributed by atoms with Crippen LogP contribution in [0, 0.1) is 5.82 Å². The van der Waals surface area contributed by atoms with Crippen molar-refractivity contribution >= 4 is 23.3 Å². The molecule has 7 heteroatoms. The Bertz CT molecular complexity index is 1270. The van der Waals surface area contributed by atoms with E-state index >= 15 is 0 Å². The molecule has 0 saturated carbocycles. The van der Waals surface area contributed by atoms with Crippen molar-refractivity contribution < 1.29 is 18.7 Å². The maximum atomic E-state index is 14.1. The largest absolute Gasteiger partial charge is 0.457 e. The maximum absolute atomic E-state index is 14.1. The Balaban J connectivity index is 1.48. The first-order valence-electron chi connectivity index (χ1n) is 11.1. The second-order valence-electron chi connectivity index (χ2n) is 7.59. The first-order chi connectivity index (χ1) is 17.1. The molecule has 0 radical (unpaired) electrons. The van der Waals surface area contributed by atoms with Crippen molar-refractivity contribution in [1.82, 2.24) is 5.32 Å². The van der Waals surface area contributed by atoms with E-state index in [1.54, 1.807) is 60.7 Å². The minimum absolute atomic E-state index is 0.0693. The van der Waals surface area contributed by atoms with Crippen molar-refractivity contribution in [3.8, 4) is 11.5 Å². The molecule has 35 heavy (non-hydrogen) atoms. The Morgan fingerprint density at radius 1 is 0.743 bits per heavy atom. The summed E-state index contributed by atoms with van der Waals surface area (Å²) in [4.78, 5) is 26.9. The second kappa shape index (κ2) is 11.5. The summed E-state index contributed by atoms with van der Waals surface area (Å²) in [5.41, 5.74) is 1.16. The number of halogens is 1. The molecule has 0 atom stereocenters. The molecule has 6 nitrogen and oxygen atoms in total. The number of hydrogen-bond donors (Lipinski definition) is 2. The molecule has 2 N–H and O–H groups in total. The molecule has 0 spiro atoms. The minimum Gasteiger partial charge on any atom is -0.457 e. The predicted octanol–water partition coefficient (Wildman–Crippen LogP) is 6.09. The van der Waals surface area contributed by atoms with Crippen LogP contribution in [-0.4, -0.2) is 25.0 Å². The lowest BCUT2D eigenvalue weighted by molar-refractivity contribution is 0.0954. The molecule has 0 unspecified atom stereocenters. The van der Waals surface area contributed by atoms with Crippen LogP contribution in [0.1, 0.15) is 10.4 Å². The number of carbonyl (C=O) groups excluding carboxylic acids is 2. The maximum Gasteiger partial charge on any atom is 0.326 e. The van der Waals surface area contributed by atoms with E-state index < -0.39 is 11.8 Å². The van der Waals surface area contributed by atoms with Gasteiger partial charge in [0.2, 0.25) is 0 Å². The molecule has 0 aliphatic carbocycles. The van der Waals surface area contributed by atoms with Gasteiger partial charge in [-0.2, -0.15) is 0 Å². The van der Waals surface area contributed by atoms with Gasteiger partial charge in [-0.25, -0.2) is 9.18 Å². The lowest BCUT2D eigenvalue weighted by atomic mass is 10.2. The smallest absolute Gasteiger partial charge is 0.326 e. The molecule has 4 aromatic rings. The zero-order valence-corrected chi connectivity index (χ0v) is 18.9.